The molecule has 1 aromatic heterocycles. The van der Waals surface area contributed by atoms with Crippen LogP contribution in [0.4, 0.5) is 0 Å². The SMILES string of the molecule is CC1CCCC(NC(=O)c2csc(S(N)(=O)=O)c2)C1C. The van der Waals surface area contributed by atoms with E-state index in [2.05, 4.69) is 19.2 Å². The zero-order valence-corrected chi connectivity index (χ0v) is 13.3. The number of carbonyl (C=O) groups is 1. The summed E-state index contributed by atoms with van der Waals surface area (Å²) in [6.07, 6.45) is 3.29. The lowest BCUT2D eigenvalue weighted by molar-refractivity contribution is 0.0891. The van der Waals surface area contributed by atoms with Gasteiger partial charge in [0, 0.05) is 11.4 Å². The van der Waals surface area contributed by atoms with Crippen LogP contribution < -0.4 is 10.5 Å². The lowest BCUT2D eigenvalue weighted by Crippen LogP contribution is -2.43. The number of sulfonamides is 1. The zero-order chi connectivity index (χ0) is 14.9. The maximum absolute atomic E-state index is 12.2. The molecule has 1 aromatic rings. The Morgan fingerprint density at radius 2 is 2.10 bits per heavy atom. The predicted molar refractivity (Wildman–Crippen MR) is 79.1 cm³/mol. The van der Waals surface area contributed by atoms with E-state index in [0.717, 1.165) is 24.2 Å². The number of amides is 1. The first-order valence-electron chi connectivity index (χ1n) is 6.71. The second-order valence-corrected chi connectivity index (χ2v) is 8.25. The van der Waals surface area contributed by atoms with Gasteiger partial charge in [-0.15, -0.1) is 11.3 Å². The maximum Gasteiger partial charge on any atom is 0.252 e. The van der Waals surface area contributed by atoms with E-state index in [-0.39, 0.29) is 16.2 Å². The van der Waals surface area contributed by atoms with Crippen molar-refractivity contribution < 1.29 is 13.2 Å². The van der Waals surface area contributed by atoms with Crippen molar-refractivity contribution in [2.75, 3.05) is 0 Å². The van der Waals surface area contributed by atoms with Gasteiger partial charge in [-0.2, -0.15) is 0 Å². The third-order valence-corrected chi connectivity index (χ3v) is 6.53. The lowest BCUT2D eigenvalue weighted by atomic mass is 9.78. The highest BCUT2D eigenvalue weighted by Crippen LogP contribution is 2.30. The summed E-state index contributed by atoms with van der Waals surface area (Å²) in [5.41, 5.74) is 0.365. The van der Waals surface area contributed by atoms with E-state index in [1.807, 2.05) is 0 Å². The van der Waals surface area contributed by atoms with Crippen LogP contribution in [0.15, 0.2) is 15.7 Å². The Morgan fingerprint density at radius 3 is 2.70 bits per heavy atom. The molecule has 1 fully saturated rings. The fourth-order valence-electron chi connectivity index (χ4n) is 2.62. The molecule has 112 valence electrons. The van der Waals surface area contributed by atoms with Crippen LogP contribution in [-0.4, -0.2) is 20.4 Å². The third-order valence-electron chi connectivity index (χ3n) is 4.14. The van der Waals surface area contributed by atoms with E-state index in [4.69, 9.17) is 5.14 Å². The summed E-state index contributed by atoms with van der Waals surface area (Å²) in [5.74, 6) is 0.808. The molecule has 0 saturated heterocycles. The van der Waals surface area contributed by atoms with Crippen molar-refractivity contribution in [1.29, 1.82) is 0 Å². The molecule has 3 atom stereocenters. The average molecular weight is 316 g/mol. The third kappa shape index (κ3) is 3.39. The van der Waals surface area contributed by atoms with Crippen molar-refractivity contribution in [2.45, 2.75) is 43.4 Å². The summed E-state index contributed by atoms with van der Waals surface area (Å²) in [4.78, 5) is 12.2. The van der Waals surface area contributed by atoms with E-state index >= 15 is 0 Å². The Hall–Kier alpha value is -0.920. The molecule has 1 aliphatic rings. The van der Waals surface area contributed by atoms with Crippen LogP contribution in [0, 0.1) is 11.8 Å². The summed E-state index contributed by atoms with van der Waals surface area (Å²) in [6, 6.07) is 1.50. The first kappa shape index (κ1) is 15.5. The van der Waals surface area contributed by atoms with E-state index in [0.29, 0.717) is 17.4 Å². The minimum Gasteiger partial charge on any atom is -0.349 e. The molecular weight excluding hydrogens is 296 g/mol. The molecule has 7 heteroatoms. The second kappa shape index (κ2) is 5.83. The van der Waals surface area contributed by atoms with Crippen molar-refractivity contribution in [2.24, 2.45) is 17.0 Å². The molecule has 3 N–H and O–H groups in total. The summed E-state index contributed by atoms with van der Waals surface area (Å²) >= 11 is 0.974. The molecule has 0 aromatic carbocycles. The van der Waals surface area contributed by atoms with Crippen LogP contribution in [0.1, 0.15) is 43.5 Å². The Kier molecular flexibility index (Phi) is 4.51. The Labute approximate surface area is 123 Å². The highest BCUT2D eigenvalue weighted by Gasteiger charge is 2.28. The molecule has 0 bridgehead atoms. The monoisotopic (exact) mass is 316 g/mol. The molecule has 1 aliphatic carbocycles. The second-order valence-electron chi connectivity index (χ2n) is 5.55. The molecule has 2 rings (SSSR count). The number of hydrogen-bond acceptors (Lipinski definition) is 4. The highest BCUT2D eigenvalue weighted by atomic mass is 32.2. The molecular formula is C13H20N2O3S2. The minimum absolute atomic E-state index is 0.0210. The molecule has 3 unspecified atom stereocenters. The van der Waals surface area contributed by atoms with Crippen molar-refractivity contribution in [3.63, 3.8) is 0 Å². The Morgan fingerprint density at radius 1 is 1.40 bits per heavy atom. The van der Waals surface area contributed by atoms with Gasteiger partial charge in [-0.1, -0.05) is 26.7 Å². The van der Waals surface area contributed by atoms with Crippen LogP contribution in [0.5, 0.6) is 0 Å². The average Bonchev–Trinajstić information content (AvgIpc) is 2.84. The van der Waals surface area contributed by atoms with Gasteiger partial charge in [-0.3, -0.25) is 4.79 Å². The molecule has 1 heterocycles. The number of rotatable bonds is 3. The van der Waals surface area contributed by atoms with Gasteiger partial charge < -0.3 is 5.32 Å². The minimum atomic E-state index is -3.73. The number of thiophene rings is 1. The van der Waals surface area contributed by atoms with Gasteiger partial charge in [0.2, 0.25) is 10.0 Å². The normalized spacial score (nSPS) is 27.2. The van der Waals surface area contributed by atoms with Gasteiger partial charge in [-0.05, 0) is 24.3 Å². The van der Waals surface area contributed by atoms with Crippen molar-refractivity contribution in [1.82, 2.24) is 5.32 Å². The number of carbonyl (C=O) groups excluding carboxylic acids is 1. The largest absolute Gasteiger partial charge is 0.349 e. The first-order valence-corrected chi connectivity index (χ1v) is 9.14. The Balaban J connectivity index is 2.07. The summed E-state index contributed by atoms with van der Waals surface area (Å²) in [7, 11) is -3.73. The molecule has 0 radical (unpaired) electrons. The molecule has 5 nitrogen and oxygen atoms in total. The summed E-state index contributed by atoms with van der Waals surface area (Å²) < 4.78 is 22.4. The predicted octanol–water partition coefficient (Wildman–Crippen LogP) is 1.95. The first-order chi connectivity index (χ1) is 9.29. The van der Waals surface area contributed by atoms with E-state index in [9.17, 15) is 13.2 Å². The standard InChI is InChI=1S/C13H20N2O3S2/c1-8-4-3-5-11(9(8)2)15-13(16)10-6-12(19-7-10)20(14,17)18/h6-9,11H,3-5H2,1-2H3,(H,15,16)(H2,14,17,18). The smallest absolute Gasteiger partial charge is 0.252 e. The lowest BCUT2D eigenvalue weighted by Gasteiger charge is -2.34. The Bertz CT molecular complexity index is 595. The van der Waals surface area contributed by atoms with Crippen LogP contribution >= 0.6 is 11.3 Å². The molecule has 0 spiro atoms. The van der Waals surface area contributed by atoms with Gasteiger partial charge in [0.15, 0.2) is 0 Å². The van der Waals surface area contributed by atoms with Crippen LogP contribution in [0.2, 0.25) is 0 Å². The topological polar surface area (TPSA) is 89.3 Å². The van der Waals surface area contributed by atoms with Gasteiger partial charge in [0.1, 0.15) is 4.21 Å². The number of nitrogens with two attached hydrogens (primary N) is 1. The molecule has 20 heavy (non-hydrogen) atoms. The molecule has 0 aliphatic heterocycles. The van der Waals surface area contributed by atoms with Crippen LogP contribution in [0.25, 0.3) is 0 Å². The van der Waals surface area contributed by atoms with E-state index in [1.54, 1.807) is 0 Å². The molecule has 1 amide bonds. The fourth-order valence-corrected chi connectivity index (χ4v) is 4.21. The van der Waals surface area contributed by atoms with Gasteiger partial charge >= 0.3 is 0 Å². The van der Waals surface area contributed by atoms with Gasteiger partial charge in [0.25, 0.3) is 5.91 Å². The fraction of sp³-hybridized carbons (Fsp3) is 0.615. The van der Waals surface area contributed by atoms with Crippen molar-refractivity contribution >= 4 is 27.3 Å². The summed E-state index contributed by atoms with van der Waals surface area (Å²) in [5, 5.41) is 9.59. The quantitative estimate of drug-likeness (QED) is 0.893. The van der Waals surface area contributed by atoms with Crippen LogP contribution in [0.3, 0.4) is 0 Å². The summed E-state index contributed by atoms with van der Waals surface area (Å²) in [6.45, 7) is 4.35. The number of hydrogen-bond donors (Lipinski definition) is 2. The number of nitrogens with one attached hydrogen (secondary N) is 1. The highest BCUT2D eigenvalue weighted by molar-refractivity contribution is 7.91. The number of primary sulfonamides is 1. The van der Waals surface area contributed by atoms with Crippen molar-refractivity contribution in [3.8, 4) is 0 Å². The van der Waals surface area contributed by atoms with Crippen molar-refractivity contribution in [3.05, 3.63) is 17.0 Å². The van der Waals surface area contributed by atoms with Gasteiger partial charge in [0.05, 0.1) is 5.56 Å². The maximum atomic E-state index is 12.2. The zero-order valence-electron chi connectivity index (χ0n) is 11.6. The van der Waals surface area contributed by atoms with Crippen LogP contribution in [-0.2, 0) is 10.0 Å². The molecule has 1 saturated carbocycles. The van der Waals surface area contributed by atoms with E-state index < -0.39 is 10.0 Å². The van der Waals surface area contributed by atoms with Gasteiger partial charge in [-0.25, -0.2) is 13.6 Å². The van der Waals surface area contributed by atoms with E-state index in [1.165, 1.54) is 17.9 Å².